The van der Waals surface area contributed by atoms with Gasteiger partial charge in [-0.15, -0.1) is 0 Å². The molecule has 0 fully saturated rings. The zero-order valence-electron chi connectivity index (χ0n) is 8.63. The van der Waals surface area contributed by atoms with Gasteiger partial charge in [-0.3, -0.25) is 0 Å². The third-order valence-electron chi connectivity index (χ3n) is 2.39. The molecule has 1 aliphatic rings. The summed E-state index contributed by atoms with van der Waals surface area (Å²) in [4.78, 5) is 0. The van der Waals surface area contributed by atoms with Gasteiger partial charge in [0, 0.05) is 6.07 Å². The number of benzene rings is 1. The van der Waals surface area contributed by atoms with Gasteiger partial charge in [-0.05, 0) is 29.7 Å². The summed E-state index contributed by atoms with van der Waals surface area (Å²) >= 11 is 0. The third-order valence-corrected chi connectivity index (χ3v) is 2.39. The maximum absolute atomic E-state index is 13.2. The Kier molecular flexibility index (Phi) is 3.02. The molecule has 80 valence electrons. The van der Waals surface area contributed by atoms with E-state index in [0.29, 0.717) is 12.4 Å². The fourth-order valence-corrected chi connectivity index (χ4v) is 1.62. The fraction of sp³-hybridized carbons (Fsp3) is 0.333. The van der Waals surface area contributed by atoms with Crippen LogP contribution in [0.4, 0.5) is 4.39 Å². The zero-order chi connectivity index (χ0) is 10.7. The quantitative estimate of drug-likeness (QED) is 0.743. The van der Waals surface area contributed by atoms with Crippen molar-refractivity contribution >= 4 is 5.57 Å². The van der Waals surface area contributed by atoms with Crippen molar-refractivity contribution in [3.8, 4) is 5.75 Å². The van der Waals surface area contributed by atoms with Gasteiger partial charge in [0.2, 0.25) is 0 Å². The molecule has 0 saturated carbocycles. The molecule has 0 radical (unpaired) electrons. The van der Waals surface area contributed by atoms with E-state index in [4.69, 9.17) is 9.47 Å². The van der Waals surface area contributed by atoms with Gasteiger partial charge in [0.25, 0.3) is 0 Å². The van der Waals surface area contributed by atoms with Gasteiger partial charge in [-0.2, -0.15) is 0 Å². The Morgan fingerprint density at radius 2 is 2.20 bits per heavy atom. The van der Waals surface area contributed by atoms with Crippen molar-refractivity contribution in [2.24, 2.45) is 0 Å². The molecule has 1 aliphatic heterocycles. The van der Waals surface area contributed by atoms with Gasteiger partial charge in [-0.25, -0.2) is 4.39 Å². The minimum Gasteiger partial charge on any atom is -0.497 e. The van der Waals surface area contributed by atoms with Crippen molar-refractivity contribution < 1.29 is 13.9 Å². The highest BCUT2D eigenvalue weighted by atomic mass is 19.1. The van der Waals surface area contributed by atoms with Gasteiger partial charge < -0.3 is 9.47 Å². The first-order chi connectivity index (χ1) is 7.29. The first-order valence-corrected chi connectivity index (χ1v) is 4.91. The Balaban J connectivity index is 2.34. The van der Waals surface area contributed by atoms with Gasteiger partial charge in [0.05, 0.1) is 20.3 Å². The Hall–Kier alpha value is -1.35. The van der Waals surface area contributed by atoms with Crippen LogP contribution in [0.15, 0.2) is 24.3 Å². The van der Waals surface area contributed by atoms with E-state index in [2.05, 4.69) is 6.08 Å². The summed E-state index contributed by atoms with van der Waals surface area (Å²) in [6, 6.07) is 4.69. The predicted molar refractivity (Wildman–Crippen MR) is 56.4 cm³/mol. The van der Waals surface area contributed by atoms with Crippen LogP contribution < -0.4 is 4.74 Å². The van der Waals surface area contributed by atoms with E-state index in [0.717, 1.165) is 24.2 Å². The summed E-state index contributed by atoms with van der Waals surface area (Å²) < 4.78 is 23.6. The summed E-state index contributed by atoms with van der Waals surface area (Å²) in [7, 11) is 1.53. The Morgan fingerprint density at radius 3 is 2.87 bits per heavy atom. The van der Waals surface area contributed by atoms with Crippen molar-refractivity contribution in [3.63, 3.8) is 0 Å². The zero-order valence-corrected chi connectivity index (χ0v) is 8.63. The highest BCUT2D eigenvalue weighted by molar-refractivity contribution is 5.68. The van der Waals surface area contributed by atoms with Crippen LogP contribution >= 0.6 is 0 Å². The molecule has 0 bridgehead atoms. The van der Waals surface area contributed by atoms with Crippen molar-refractivity contribution in [3.05, 3.63) is 35.7 Å². The lowest BCUT2D eigenvalue weighted by Gasteiger charge is -2.14. The molecule has 1 aromatic rings. The van der Waals surface area contributed by atoms with Gasteiger partial charge >= 0.3 is 0 Å². The summed E-state index contributed by atoms with van der Waals surface area (Å²) in [5.41, 5.74) is 1.87. The average Bonchev–Trinajstić information content (AvgIpc) is 2.29. The van der Waals surface area contributed by atoms with E-state index in [-0.39, 0.29) is 5.82 Å². The molecule has 2 rings (SSSR count). The third kappa shape index (κ3) is 2.36. The molecule has 0 saturated heterocycles. The maximum atomic E-state index is 13.2. The first kappa shape index (κ1) is 10.2. The van der Waals surface area contributed by atoms with Crippen molar-refractivity contribution in [1.29, 1.82) is 0 Å². The number of ether oxygens (including phenoxy) is 2. The Morgan fingerprint density at radius 1 is 1.33 bits per heavy atom. The molecule has 2 nitrogen and oxygen atoms in total. The summed E-state index contributed by atoms with van der Waals surface area (Å²) in [5.74, 6) is 0.257. The molecule has 3 heteroatoms. The second-order valence-corrected chi connectivity index (χ2v) is 3.45. The van der Waals surface area contributed by atoms with E-state index < -0.39 is 0 Å². The molecule has 1 heterocycles. The predicted octanol–water partition coefficient (Wildman–Crippen LogP) is 2.64. The van der Waals surface area contributed by atoms with Crippen molar-refractivity contribution in [2.75, 3.05) is 20.3 Å². The molecule has 0 amide bonds. The second kappa shape index (κ2) is 4.45. The molecule has 0 unspecified atom stereocenters. The van der Waals surface area contributed by atoms with Crippen molar-refractivity contribution in [1.82, 2.24) is 0 Å². The largest absolute Gasteiger partial charge is 0.497 e. The molecule has 15 heavy (non-hydrogen) atoms. The van der Waals surface area contributed by atoms with Crippen LogP contribution in [-0.4, -0.2) is 20.3 Å². The number of halogens is 1. The van der Waals surface area contributed by atoms with E-state index in [1.54, 1.807) is 0 Å². The molecule has 0 N–H and O–H groups in total. The molecule has 0 aliphatic carbocycles. The molecule has 0 atom stereocenters. The number of hydrogen-bond donors (Lipinski definition) is 0. The van der Waals surface area contributed by atoms with Gasteiger partial charge in [0.15, 0.2) is 0 Å². The smallest absolute Gasteiger partial charge is 0.127 e. The molecular weight excluding hydrogens is 195 g/mol. The highest BCUT2D eigenvalue weighted by Crippen LogP contribution is 2.24. The summed E-state index contributed by atoms with van der Waals surface area (Å²) in [6.45, 7) is 1.29. The Labute approximate surface area is 88.3 Å². The second-order valence-electron chi connectivity index (χ2n) is 3.45. The van der Waals surface area contributed by atoms with Gasteiger partial charge in [-0.1, -0.05) is 6.08 Å². The van der Waals surface area contributed by atoms with E-state index in [9.17, 15) is 4.39 Å². The molecule has 0 aromatic heterocycles. The van der Waals surface area contributed by atoms with Gasteiger partial charge in [0.1, 0.15) is 11.6 Å². The first-order valence-electron chi connectivity index (χ1n) is 4.91. The van der Waals surface area contributed by atoms with E-state index in [1.807, 2.05) is 6.07 Å². The summed E-state index contributed by atoms with van der Waals surface area (Å²) in [5, 5.41) is 0. The fourth-order valence-electron chi connectivity index (χ4n) is 1.62. The van der Waals surface area contributed by atoms with Crippen LogP contribution in [-0.2, 0) is 4.74 Å². The van der Waals surface area contributed by atoms with Crippen molar-refractivity contribution in [2.45, 2.75) is 6.42 Å². The molecule has 0 spiro atoms. The van der Waals surface area contributed by atoms with Crippen LogP contribution in [0.2, 0.25) is 0 Å². The van der Waals surface area contributed by atoms with E-state index >= 15 is 0 Å². The lowest BCUT2D eigenvalue weighted by atomic mass is 10.0. The lowest BCUT2D eigenvalue weighted by molar-refractivity contribution is 0.164. The highest BCUT2D eigenvalue weighted by Gasteiger charge is 2.09. The number of methoxy groups -OCH3 is 1. The SMILES string of the molecule is COc1cc(F)cc(C2=CCCOC2)c1. The monoisotopic (exact) mass is 208 g/mol. The van der Waals surface area contributed by atoms with Crippen LogP contribution in [0.3, 0.4) is 0 Å². The van der Waals surface area contributed by atoms with Crippen LogP contribution in [0.25, 0.3) is 5.57 Å². The lowest BCUT2D eigenvalue weighted by Crippen LogP contribution is -2.05. The minimum absolute atomic E-state index is 0.282. The topological polar surface area (TPSA) is 18.5 Å². The normalized spacial score (nSPS) is 16.0. The molecular formula is C12H13FO2. The summed E-state index contributed by atoms with van der Waals surface area (Å²) in [6.07, 6.45) is 2.96. The van der Waals surface area contributed by atoms with Crippen LogP contribution in [0.1, 0.15) is 12.0 Å². The minimum atomic E-state index is -0.282. The standard InChI is InChI=1S/C12H13FO2/c1-14-12-6-10(5-11(13)7-12)9-3-2-4-15-8-9/h3,5-7H,2,4,8H2,1H3. The molecule has 1 aromatic carbocycles. The van der Waals surface area contributed by atoms with E-state index in [1.165, 1.54) is 19.2 Å². The number of hydrogen-bond acceptors (Lipinski definition) is 2. The van der Waals surface area contributed by atoms with Crippen LogP contribution in [0, 0.1) is 5.82 Å². The average molecular weight is 208 g/mol. The number of rotatable bonds is 2. The van der Waals surface area contributed by atoms with Crippen LogP contribution in [0.5, 0.6) is 5.75 Å². The Bertz CT molecular complexity index is 385. The maximum Gasteiger partial charge on any atom is 0.127 e.